The number of hydrogen-bond donors (Lipinski definition) is 3. The van der Waals surface area contributed by atoms with Gasteiger partial charge in [-0.05, 0) is 89.3 Å². The second-order valence-electron chi connectivity index (χ2n) is 17.9. The predicted molar refractivity (Wildman–Crippen MR) is 214 cm³/mol. The van der Waals surface area contributed by atoms with Gasteiger partial charge in [0.15, 0.2) is 5.75 Å². The van der Waals surface area contributed by atoms with Gasteiger partial charge in [-0.1, -0.05) is 26.0 Å². The van der Waals surface area contributed by atoms with Gasteiger partial charge in [-0.25, -0.2) is 18.2 Å². The van der Waals surface area contributed by atoms with Gasteiger partial charge in [0.25, 0.3) is 5.91 Å². The van der Waals surface area contributed by atoms with E-state index in [1.807, 2.05) is 32.2 Å². The SMILES string of the molecule is CC1CCC=CC2CC2(C(=O)NS(=O)(=O)C2(C)CC2)NC(=O)C2CC(Oc3nccc4c5c(ccc34)N(C)CCO5)CN2C(=O)C(NC(=O)OC(C)(C)C(F)(F)F)C(C)C1. The number of nitrogens with one attached hydrogen (secondary N) is 3. The molecule has 7 rings (SSSR count). The summed E-state index contributed by atoms with van der Waals surface area (Å²) in [6.07, 6.45) is 0.225. The monoisotopic (exact) mass is 862 g/mol. The van der Waals surface area contributed by atoms with Crippen LogP contribution in [-0.2, 0) is 29.1 Å². The standard InChI is InChI=1S/C41H53F3N6O9S/c1-23-9-7-8-10-25-21-40(25,36(53)48-60(55,56)39(5)14-15-39)47-33(51)30-20-26(58-34-28-11-12-29-32(27(28)13-16-45-34)57-18-17-49(29)6)22-50(30)35(52)31(24(2)19-23)46-37(54)59-38(3,4)41(42,43)44/h8,10-13,16,23-26,30-31H,7,9,14-15,17-22H2,1-6H3,(H,46,54)(H,47,51)(H,48,53). The molecule has 4 heterocycles. The highest BCUT2D eigenvalue weighted by Crippen LogP contribution is 2.48. The number of likely N-dealkylation sites (N-methyl/N-ethyl adjacent to an activating group) is 1. The minimum Gasteiger partial charge on any atom is -0.489 e. The van der Waals surface area contributed by atoms with Gasteiger partial charge in [0, 0.05) is 36.4 Å². The van der Waals surface area contributed by atoms with Crippen molar-refractivity contribution < 1.29 is 55.0 Å². The number of nitrogens with zero attached hydrogens (tertiary/aromatic N) is 3. The van der Waals surface area contributed by atoms with Crippen molar-refractivity contribution in [1.29, 1.82) is 0 Å². The number of allylic oxidation sites excluding steroid dienone is 1. The number of aromatic nitrogens is 1. The number of rotatable bonds is 7. The van der Waals surface area contributed by atoms with Gasteiger partial charge < -0.3 is 34.6 Å². The molecule has 60 heavy (non-hydrogen) atoms. The van der Waals surface area contributed by atoms with Crippen LogP contribution in [0.3, 0.4) is 0 Å². The van der Waals surface area contributed by atoms with Crippen molar-refractivity contribution in [2.24, 2.45) is 17.8 Å². The zero-order valence-electron chi connectivity index (χ0n) is 34.6. The molecular formula is C41H53F3N6O9S. The molecule has 4 amide bonds. The van der Waals surface area contributed by atoms with E-state index in [9.17, 15) is 40.8 Å². The molecule has 19 heteroatoms. The Morgan fingerprint density at radius 2 is 1.82 bits per heavy atom. The lowest BCUT2D eigenvalue weighted by Gasteiger charge is -2.34. The van der Waals surface area contributed by atoms with E-state index in [0.717, 1.165) is 11.1 Å². The Morgan fingerprint density at radius 1 is 1.08 bits per heavy atom. The van der Waals surface area contributed by atoms with Crippen LogP contribution in [0.4, 0.5) is 23.7 Å². The molecule has 2 aliphatic carbocycles. The molecule has 5 aliphatic rings. The van der Waals surface area contributed by atoms with Crippen LogP contribution in [0.1, 0.15) is 79.6 Å². The lowest BCUT2D eigenvalue weighted by molar-refractivity contribution is -0.244. The van der Waals surface area contributed by atoms with Gasteiger partial charge in [0.1, 0.15) is 30.3 Å². The number of pyridine rings is 1. The molecule has 0 bridgehead atoms. The lowest BCUT2D eigenvalue weighted by atomic mass is 9.88. The Labute approximate surface area is 347 Å². The number of carbonyl (C=O) groups excluding carboxylic acids is 4. The summed E-state index contributed by atoms with van der Waals surface area (Å²) in [7, 11) is -2.13. The average molecular weight is 863 g/mol. The van der Waals surface area contributed by atoms with Gasteiger partial charge in [-0.3, -0.25) is 19.1 Å². The zero-order valence-corrected chi connectivity index (χ0v) is 35.4. The van der Waals surface area contributed by atoms with Crippen LogP contribution in [0.2, 0.25) is 0 Å². The molecule has 2 saturated carbocycles. The number of ether oxygens (including phenoxy) is 3. The lowest BCUT2D eigenvalue weighted by Crippen LogP contribution is -2.59. The van der Waals surface area contributed by atoms with E-state index in [1.54, 1.807) is 32.2 Å². The molecule has 3 aliphatic heterocycles. The summed E-state index contributed by atoms with van der Waals surface area (Å²) >= 11 is 0. The molecule has 328 valence electrons. The smallest absolute Gasteiger partial charge is 0.427 e. The third kappa shape index (κ3) is 8.29. The first-order valence-electron chi connectivity index (χ1n) is 20.4. The van der Waals surface area contributed by atoms with Crippen LogP contribution >= 0.6 is 0 Å². The summed E-state index contributed by atoms with van der Waals surface area (Å²) in [4.78, 5) is 64.3. The van der Waals surface area contributed by atoms with Crippen LogP contribution in [0, 0.1) is 17.8 Å². The zero-order chi connectivity index (χ0) is 43.6. The van der Waals surface area contributed by atoms with Crippen molar-refractivity contribution in [3.8, 4) is 11.6 Å². The molecular weight excluding hydrogens is 810 g/mol. The number of anilines is 1. The quantitative estimate of drug-likeness (QED) is 0.327. The molecule has 2 aromatic rings. The van der Waals surface area contributed by atoms with Crippen molar-refractivity contribution in [2.75, 3.05) is 31.6 Å². The molecule has 15 nitrogen and oxygen atoms in total. The third-order valence-electron chi connectivity index (χ3n) is 12.8. The summed E-state index contributed by atoms with van der Waals surface area (Å²) in [5.41, 5.74) is -3.65. The Morgan fingerprint density at radius 3 is 2.52 bits per heavy atom. The maximum Gasteiger partial charge on any atom is 0.427 e. The summed E-state index contributed by atoms with van der Waals surface area (Å²) in [5, 5.41) is 6.55. The van der Waals surface area contributed by atoms with Gasteiger partial charge in [-0.2, -0.15) is 13.2 Å². The highest BCUT2D eigenvalue weighted by Gasteiger charge is 2.63. The number of halogens is 3. The molecule has 1 saturated heterocycles. The number of alkyl carbamates (subject to hydrolysis) is 1. The highest BCUT2D eigenvalue weighted by molar-refractivity contribution is 7.91. The number of amides is 4. The summed E-state index contributed by atoms with van der Waals surface area (Å²) < 4.78 is 86.2. The molecule has 7 unspecified atom stereocenters. The number of benzene rings is 1. The summed E-state index contributed by atoms with van der Waals surface area (Å²) in [6, 6.07) is 2.75. The van der Waals surface area contributed by atoms with E-state index in [0.29, 0.717) is 70.2 Å². The fourth-order valence-electron chi connectivity index (χ4n) is 8.34. The first-order chi connectivity index (χ1) is 28.1. The van der Waals surface area contributed by atoms with E-state index >= 15 is 0 Å². The highest BCUT2D eigenvalue weighted by atomic mass is 32.2. The Balaban J connectivity index is 1.23. The number of carbonyl (C=O) groups is 4. The number of sulfonamides is 1. The van der Waals surface area contributed by atoms with Crippen molar-refractivity contribution >= 4 is 50.3 Å². The maximum absolute atomic E-state index is 14.8. The Bertz CT molecular complexity index is 2200. The van der Waals surface area contributed by atoms with E-state index in [2.05, 4.69) is 25.2 Å². The van der Waals surface area contributed by atoms with E-state index in [1.165, 1.54) is 4.90 Å². The normalized spacial score (nSPS) is 29.4. The molecule has 3 fully saturated rings. The predicted octanol–water partition coefficient (Wildman–Crippen LogP) is 4.73. The molecule has 1 aromatic carbocycles. The van der Waals surface area contributed by atoms with Crippen LogP contribution in [0.5, 0.6) is 11.6 Å². The molecule has 7 atom stereocenters. The van der Waals surface area contributed by atoms with Gasteiger partial charge in [-0.15, -0.1) is 0 Å². The molecule has 0 spiro atoms. The maximum atomic E-state index is 14.8. The van der Waals surface area contributed by atoms with Crippen LogP contribution < -0.4 is 29.7 Å². The summed E-state index contributed by atoms with van der Waals surface area (Å²) in [5.74, 6) is -2.82. The largest absolute Gasteiger partial charge is 0.489 e. The Hall–Kier alpha value is -4.81. The van der Waals surface area contributed by atoms with E-state index < -0.39 is 85.9 Å². The number of fused-ring (bicyclic) bond motifs is 5. The van der Waals surface area contributed by atoms with Crippen molar-refractivity contribution in [1.82, 2.24) is 25.2 Å². The number of alkyl halides is 3. The van der Waals surface area contributed by atoms with E-state index in [4.69, 9.17) is 14.2 Å². The van der Waals surface area contributed by atoms with Gasteiger partial charge in [0.2, 0.25) is 33.3 Å². The van der Waals surface area contributed by atoms with Crippen molar-refractivity contribution in [2.45, 2.75) is 120 Å². The van der Waals surface area contributed by atoms with Gasteiger partial charge in [0.05, 0.1) is 23.5 Å². The first kappa shape index (κ1) is 43.3. The topological polar surface area (TPSA) is 186 Å². The minimum atomic E-state index is -4.91. The van der Waals surface area contributed by atoms with Crippen LogP contribution in [0.15, 0.2) is 36.5 Å². The third-order valence-corrected chi connectivity index (χ3v) is 14.9. The molecule has 1 aromatic heterocycles. The number of hydrogen-bond acceptors (Lipinski definition) is 11. The summed E-state index contributed by atoms with van der Waals surface area (Å²) in [6.45, 7) is 7.52. The van der Waals surface area contributed by atoms with E-state index in [-0.39, 0.29) is 31.2 Å². The molecule has 0 radical (unpaired) electrons. The van der Waals surface area contributed by atoms with Crippen LogP contribution in [-0.4, -0.2) is 109 Å². The second kappa shape index (κ2) is 15.6. The minimum absolute atomic E-state index is 0.0386. The second-order valence-corrected chi connectivity index (χ2v) is 20.1. The fourth-order valence-corrected chi connectivity index (χ4v) is 9.65. The van der Waals surface area contributed by atoms with Crippen LogP contribution in [0.25, 0.3) is 10.8 Å². The Kier molecular flexibility index (Phi) is 11.2. The fraction of sp³-hybridized carbons (Fsp3) is 0.634. The average Bonchev–Trinajstić information content (AvgIpc) is 4.04. The van der Waals surface area contributed by atoms with Crippen molar-refractivity contribution in [3.05, 3.63) is 36.5 Å². The molecule has 3 N–H and O–H groups in total. The first-order valence-corrected chi connectivity index (χ1v) is 21.9. The van der Waals surface area contributed by atoms with Crippen molar-refractivity contribution in [3.63, 3.8) is 0 Å². The van der Waals surface area contributed by atoms with Gasteiger partial charge >= 0.3 is 12.3 Å².